The fourth-order valence-corrected chi connectivity index (χ4v) is 5.61. The van der Waals surface area contributed by atoms with Gasteiger partial charge in [-0.25, -0.2) is 0 Å². The second-order valence-corrected chi connectivity index (χ2v) is 10.2. The largest absolute Gasteiger partial charge is 0.448 e. The van der Waals surface area contributed by atoms with Crippen molar-refractivity contribution in [2.45, 2.75) is 70.3 Å². The van der Waals surface area contributed by atoms with E-state index in [1.165, 1.54) is 19.9 Å². The predicted octanol–water partition coefficient (Wildman–Crippen LogP) is 3.06. The number of fused-ring (bicyclic) bond motifs is 1. The molecule has 3 N–H and O–H groups in total. The van der Waals surface area contributed by atoms with E-state index < -0.39 is 46.9 Å². The zero-order chi connectivity index (χ0) is 26.7. The summed E-state index contributed by atoms with van der Waals surface area (Å²) in [6, 6.07) is 9.42. The highest BCUT2D eigenvalue weighted by molar-refractivity contribution is 5.92. The van der Waals surface area contributed by atoms with Gasteiger partial charge >= 0.3 is 5.97 Å². The van der Waals surface area contributed by atoms with Crippen LogP contribution in [0.3, 0.4) is 0 Å². The molecule has 7 heteroatoms. The van der Waals surface area contributed by atoms with Crippen molar-refractivity contribution in [1.82, 2.24) is 5.32 Å². The highest BCUT2D eigenvalue weighted by Gasteiger charge is 2.65. The lowest BCUT2D eigenvalue weighted by Gasteiger charge is -2.45. The van der Waals surface area contributed by atoms with E-state index in [4.69, 9.17) is 4.74 Å². The summed E-state index contributed by atoms with van der Waals surface area (Å²) in [4.78, 5) is 38.4. The SMILES string of the molecule is C=C1CC2C(Cc3ccccc3)NC(=O)C2(OC(C)=O)C(C=CCC(C)C(=O)C(C)(O)C=CC)C1O. The molecule has 1 heterocycles. The lowest BCUT2D eigenvalue weighted by atomic mass is 9.64. The van der Waals surface area contributed by atoms with E-state index in [1.807, 2.05) is 30.3 Å². The summed E-state index contributed by atoms with van der Waals surface area (Å²) in [6.07, 6.45) is 6.48. The number of nitrogens with one attached hydrogen (secondary N) is 1. The number of Topliss-reactive ketones (excluding diaryl/α,β-unsaturated/α-hetero) is 1. The van der Waals surface area contributed by atoms with Crippen LogP contribution in [0.1, 0.15) is 46.1 Å². The summed E-state index contributed by atoms with van der Waals surface area (Å²) in [7, 11) is 0. The molecule has 0 aromatic heterocycles. The molecule has 0 spiro atoms. The van der Waals surface area contributed by atoms with Crippen LogP contribution in [0.5, 0.6) is 0 Å². The van der Waals surface area contributed by atoms with E-state index >= 15 is 0 Å². The van der Waals surface area contributed by atoms with E-state index in [2.05, 4.69) is 11.9 Å². The molecular weight excluding hydrogens is 458 g/mol. The normalized spacial score (nSPS) is 30.6. The Morgan fingerprint density at radius 3 is 2.61 bits per heavy atom. The first-order chi connectivity index (χ1) is 16.9. The number of rotatable bonds is 9. The Bertz CT molecular complexity index is 1060. The Hall–Kier alpha value is -3.03. The summed E-state index contributed by atoms with van der Waals surface area (Å²) >= 11 is 0. The van der Waals surface area contributed by atoms with E-state index in [0.29, 0.717) is 18.4 Å². The second kappa shape index (κ2) is 10.9. The Labute approximate surface area is 212 Å². The van der Waals surface area contributed by atoms with Gasteiger partial charge in [-0.3, -0.25) is 14.4 Å². The molecule has 7 unspecified atom stereocenters. The summed E-state index contributed by atoms with van der Waals surface area (Å²) < 4.78 is 5.79. The van der Waals surface area contributed by atoms with Crippen molar-refractivity contribution >= 4 is 17.7 Å². The highest BCUT2D eigenvalue weighted by Crippen LogP contribution is 2.49. The zero-order valence-corrected chi connectivity index (χ0v) is 21.4. The minimum absolute atomic E-state index is 0.276. The van der Waals surface area contributed by atoms with Gasteiger partial charge in [0.25, 0.3) is 5.91 Å². The van der Waals surface area contributed by atoms with Crippen LogP contribution in [0.15, 0.2) is 66.8 Å². The number of hydrogen-bond acceptors (Lipinski definition) is 6. The van der Waals surface area contributed by atoms with Crippen molar-refractivity contribution in [3.05, 3.63) is 72.4 Å². The molecule has 1 saturated heterocycles. The summed E-state index contributed by atoms with van der Waals surface area (Å²) in [5.41, 5.74) is -1.58. The number of hydrogen-bond donors (Lipinski definition) is 3. The number of benzene rings is 1. The average Bonchev–Trinajstić information content (AvgIpc) is 3.06. The summed E-state index contributed by atoms with van der Waals surface area (Å²) in [5.74, 6) is -3.20. The molecule has 1 aliphatic heterocycles. The first-order valence-electron chi connectivity index (χ1n) is 12.4. The van der Waals surface area contributed by atoms with Crippen LogP contribution < -0.4 is 5.32 Å². The first-order valence-corrected chi connectivity index (χ1v) is 12.4. The maximum Gasteiger partial charge on any atom is 0.303 e. The molecule has 1 aromatic rings. The number of ketones is 1. The lowest BCUT2D eigenvalue weighted by Crippen LogP contribution is -2.59. The highest BCUT2D eigenvalue weighted by atomic mass is 16.6. The first kappa shape index (κ1) is 27.6. The van der Waals surface area contributed by atoms with Crippen LogP contribution in [-0.2, 0) is 25.5 Å². The number of aliphatic hydroxyl groups is 2. The molecule has 1 aliphatic carbocycles. The van der Waals surface area contributed by atoms with Gasteiger partial charge in [0.1, 0.15) is 5.60 Å². The molecule has 0 radical (unpaired) electrons. The molecule has 194 valence electrons. The number of esters is 1. The minimum atomic E-state index is -1.59. The van der Waals surface area contributed by atoms with Gasteiger partial charge in [-0.1, -0.05) is 68.1 Å². The Morgan fingerprint density at radius 2 is 2.00 bits per heavy atom. The van der Waals surface area contributed by atoms with Crippen molar-refractivity contribution in [2.75, 3.05) is 0 Å². The van der Waals surface area contributed by atoms with Crippen LogP contribution in [0.25, 0.3) is 0 Å². The Morgan fingerprint density at radius 1 is 1.33 bits per heavy atom. The smallest absolute Gasteiger partial charge is 0.303 e. The summed E-state index contributed by atoms with van der Waals surface area (Å²) in [5, 5.41) is 24.5. The van der Waals surface area contributed by atoms with E-state index in [-0.39, 0.29) is 18.2 Å². The molecule has 7 atom stereocenters. The third-order valence-electron chi connectivity index (χ3n) is 7.33. The number of carbonyl (C=O) groups is 3. The van der Waals surface area contributed by atoms with Gasteiger partial charge < -0.3 is 20.3 Å². The number of aliphatic hydroxyl groups excluding tert-OH is 1. The van der Waals surface area contributed by atoms with Crippen LogP contribution in [-0.4, -0.2) is 51.2 Å². The quantitative estimate of drug-likeness (QED) is 0.359. The molecule has 1 saturated carbocycles. The monoisotopic (exact) mass is 495 g/mol. The third kappa shape index (κ3) is 5.37. The molecule has 2 aliphatic rings. The van der Waals surface area contributed by atoms with Crippen molar-refractivity contribution in [2.24, 2.45) is 17.8 Å². The molecule has 7 nitrogen and oxygen atoms in total. The van der Waals surface area contributed by atoms with Crippen LogP contribution in [0.4, 0.5) is 0 Å². The topological polar surface area (TPSA) is 113 Å². The van der Waals surface area contributed by atoms with Gasteiger partial charge in [-0.15, -0.1) is 0 Å². The minimum Gasteiger partial charge on any atom is -0.448 e. The van der Waals surface area contributed by atoms with Gasteiger partial charge in [0, 0.05) is 24.8 Å². The summed E-state index contributed by atoms with van der Waals surface area (Å²) in [6.45, 7) is 10.2. The van der Waals surface area contributed by atoms with Crippen molar-refractivity contribution in [1.29, 1.82) is 0 Å². The standard InChI is InChI=1S/C29H37NO6/c1-6-15-28(5,35)26(33)18(2)11-10-14-22-25(32)19(3)16-23-24(17-21-12-8-7-9-13-21)30-27(34)29(22,23)36-20(4)31/h6-10,12-15,18,22-25,32,35H,3,11,16-17H2,1-2,4-5H3,(H,30,34). The lowest BCUT2D eigenvalue weighted by molar-refractivity contribution is -0.181. The van der Waals surface area contributed by atoms with Gasteiger partial charge in [-0.2, -0.15) is 0 Å². The molecule has 36 heavy (non-hydrogen) atoms. The molecule has 1 aromatic carbocycles. The van der Waals surface area contributed by atoms with Gasteiger partial charge in [-0.05, 0) is 44.2 Å². The van der Waals surface area contributed by atoms with E-state index in [1.54, 1.807) is 32.1 Å². The number of allylic oxidation sites excluding steroid dienone is 2. The second-order valence-electron chi connectivity index (χ2n) is 10.2. The van der Waals surface area contributed by atoms with Crippen LogP contribution >= 0.6 is 0 Å². The van der Waals surface area contributed by atoms with Crippen LogP contribution in [0.2, 0.25) is 0 Å². The molecule has 1 amide bonds. The molecule has 3 rings (SSSR count). The van der Waals surface area contributed by atoms with Gasteiger partial charge in [0.05, 0.1) is 12.0 Å². The van der Waals surface area contributed by atoms with E-state index in [9.17, 15) is 24.6 Å². The predicted molar refractivity (Wildman–Crippen MR) is 137 cm³/mol. The van der Waals surface area contributed by atoms with Crippen molar-refractivity contribution in [3.63, 3.8) is 0 Å². The molecular formula is C29H37NO6. The molecule has 0 bridgehead atoms. The number of ether oxygens (including phenoxy) is 1. The van der Waals surface area contributed by atoms with Crippen molar-refractivity contribution < 1.29 is 29.3 Å². The fourth-order valence-electron chi connectivity index (χ4n) is 5.61. The van der Waals surface area contributed by atoms with Gasteiger partial charge in [0.2, 0.25) is 5.60 Å². The zero-order valence-electron chi connectivity index (χ0n) is 21.4. The number of amides is 1. The van der Waals surface area contributed by atoms with Crippen LogP contribution in [0, 0.1) is 17.8 Å². The third-order valence-corrected chi connectivity index (χ3v) is 7.33. The fraction of sp³-hybridized carbons (Fsp3) is 0.483. The molecule has 2 fully saturated rings. The number of carbonyl (C=O) groups excluding carboxylic acids is 3. The Kier molecular flexibility index (Phi) is 8.37. The maximum atomic E-state index is 13.5. The van der Waals surface area contributed by atoms with Gasteiger partial charge in [0.15, 0.2) is 5.78 Å². The maximum absolute atomic E-state index is 13.5. The average molecular weight is 496 g/mol. The Balaban J connectivity index is 1.91. The van der Waals surface area contributed by atoms with Crippen molar-refractivity contribution in [3.8, 4) is 0 Å². The van der Waals surface area contributed by atoms with E-state index in [0.717, 1.165) is 5.56 Å².